The summed E-state index contributed by atoms with van der Waals surface area (Å²) in [6.45, 7) is 4.05. The zero-order valence-corrected chi connectivity index (χ0v) is 10.3. The fourth-order valence-electron chi connectivity index (χ4n) is 1.15. The van der Waals surface area contributed by atoms with Crippen LogP contribution in [0.5, 0.6) is 5.75 Å². The molecular weight excluding hydrogens is 236 g/mol. The lowest BCUT2D eigenvalue weighted by Gasteiger charge is -2.08. The van der Waals surface area contributed by atoms with Gasteiger partial charge >= 0.3 is 0 Å². The summed E-state index contributed by atoms with van der Waals surface area (Å²) < 4.78 is 5.03. The maximum Gasteiger partial charge on any atom is 0.257 e. The monoisotopic (exact) mass is 250 g/mol. The second kappa shape index (κ2) is 6.65. The highest BCUT2D eigenvalue weighted by atomic mass is 32.1. The number of carbonyl (C=O) groups is 1. The van der Waals surface area contributed by atoms with Gasteiger partial charge in [-0.15, -0.1) is 6.58 Å². The molecule has 5 heteroatoms. The van der Waals surface area contributed by atoms with Crippen molar-refractivity contribution in [2.75, 3.05) is 13.7 Å². The lowest BCUT2D eigenvalue weighted by Crippen LogP contribution is -2.39. The van der Waals surface area contributed by atoms with E-state index in [9.17, 15) is 4.79 Å². The van der Waals surface area contributed by atoms with Crippen molar-refractivity contribution in [3.05, 3.63) is 42.5 Å². The van der Waals surface area contributed by atoms with E-state index in [1.54, 1.807) is 37.5 Å². The van der Waals surface area contributed by atoms with E-state index in [-0.39, 0.29) is 11.0 Å². The van der Waals surface area contributed by atoms with Crippen LogP contribution in [0.1, 0.15) is 10.4 Å². The lowest BCUT2D eigenvalue weighted by molar-refractivity contribution is 0.0976. The quantitative estimate of drug-likeness (QED) is 0.628. The first-order chi connectivity index (χ1) is 8.17. The summed E-state index contributed by atoms with van der Waals surface area (Å²) >= 11 is 4.93. The van der Waals surface area contributed by atoms with E-state index in [1.165, 1.54) is 0 Å². The van der Waals surface area contributed by atoms with Gasteiger partial charge in [0.1, 0.15) is 5.75 Å². The van der Waals surface area contributed by atoms with E-state index < -0.39 is 0 Å². The molecule has 17 heavy (non-hydrogen) atoms. The summed E-state index contributed by atoms with van der Waals surface area (Å²) in [5.41, 5.74) is 0.493. The number of carbonyl (C=O) groups excluding carboxylic acids is 1. The number of benzene rings is 1. The number of nitrogens with one attached hydrogen (secondary N) is 2. The number of rotatable bonds is 4. The van der Waals surface area contributed by atoms with Gasteiger partial charge in [-0.25, -0.2) is 0 Å². The van der Waals surface area contributed by atoms with Crippen LogP contribution in [0, 0.1) is 0 Å². The zero-order chi connectivity index (χ0) is 12.7. The molecule has 0 spiro atoms. The Morgan fingerprint density at radius 2 is 2.35 bits per heavy atom. The molecule has 0 heterocycles. The minimum absolute atomic E-state index is 0.273. The second-order valence-electron chi connectivity index (χ2n) is 3.18. The molecule has 0 aromatic heterocycles. The fourth-order valence-corrected chi connectivity index (χ4v) is 1.32. The summed E-state index contributed by atoms with van der Waals surface area (Å²) in [6.07, 6.45) is 1.66. The van der Waals surface area contributed by atoms with Gasteiger partial charge < -0.3 is 10.1 Å². The molecule has 1 amide bonds. The van der Waals surface area contributed by atoms with E-state index in [0.29, 0.717) is 17.9 Å². The molecule has 0 radical (unpaired) electrons. The Hall–Kier alpha value is -1.88. The third-order valence-electron chi connectivity index (χ3n) is 1.97. The first-order valence-electron chi connectivity index (χ1n) is 5.01. The summed E-state index contributed by atoms with van der Waals surface area (Å²) in [4.78, 5) is 11.8. The first-order valence-corrected chi connectivity index (χ1v) is 5.42. The molecule has 0 bridgehead atoms. The van der Waals surface area contributed by atoms with Gasteiger partial charge in [0.2, 0.25) is 0 Å². The summed E-state index contributed by atoms with van der Waals surface area (Å²) in [7, 11) is 1.55. The predicted octanol–water partition coefficient (Wildman–Crippen LogP) is 1.49. The van der Waals surface area contributed by atoms with Gasteiger partial charge in [0.25, 0.3) is 5.91 Å². The van der Waals surface area contributed by atoms with Gasteiger partial charge in [-0.2, -0.15) is 0 Å². The van der Waals surface area contributed by atoms with Crippen LogP contribution in [-0.2, 0) is 0 Å². The molecule has 0 aliphatic rings. The second-order valence-corrected chi connectivity index (χ2v) is 3.59. The molecule has 1 aromatic carbocycles. The molecule has 1 aromatic rings. The van der Waals surface area contributed by atoms with Crippen LogP contribution in [0.15, 0.2) is 36.9 Å². The van der Waals surface area contributed by atoms with Crippen LogP contribution >= 0.6 is 12.2 Å². The molecule has 4 nitrogen and oxygen atoms in total. The number of hydrogen-bond acceptors (Lipinski definition) is 3. The highest BCUT2D eigenvalue weighted by molar-refractivity contribution is 7.80. The molecule has 0 unspecified atom stereocenters. The molecule has 0 saturated heterocycles. The largest absolute Gasteiger partial charge is 0.497 e. The number of thiocarbonyl (C=S) groups is 1. The molecule has 0 aliphatic heterocycles. The zero-order valence-electron chi connectivity index (χ0n) is 9.53. The standard InChI is InChI=1S/C12H14N2O2S/c1-3-7-13-12(17)14-11(15)9-5-4-6-10(8-9)16-2/h3-6,8H,1,7H2,2H3,(H2,13,14,15,17). The topological polar surface area (TPSA) is 50.4 Å². The van der Waals surface area contributed by atoms with Gasteiger partial charge in [-0.3, -0.25) is 10.1 Å². The Kier molecular flexibility index (Phi) is 5.16. The van der Waals surface area contributed by atoms with Gasteiger partial charge in [0, 0.05) is 12.1 Å². The Balaban J connectivity index is 2.62. The fraction of sp³-hybridized carbons (Fsp3) is 0.167. The van der Waals surface area contributed by atoms with Crippen LogP contribution in [0.3, 0.4) is 0 Å². The maximum atomic E-state index is 11.8. The van der Waals surface area contributed by atoms with Crippen molar-refractivity contribution in [3.8, 4) is 5.75 Å². The van der Waals surface area contributed by atoms with E-state index >= 15 is 0 Å². The van der Waals surface area contributed by atoms with Crippen LogP contribution in [0.4, 0.5) is 0 Å². The van der Waals surface area contributed by atoms with Gasteiger partial charge in [0.05, 0.1) is 7.11 Å². The molecule has 0 aliphatic carbocycles. The molecule has 0 fully saturated rings. The van der Waals surface area contributed by atoms with Crippen LogP contribution < -0.4 is 15.4 Å². The van der Waals surface area contributed by atoms with E-state index in [1.807, 2.05) is 0 Å². The van der Waals surface area contributed by atoms with Crippen molar-refractivity contribution < 1.29 is 9.53 Å². The molecule has 90 valence electrons. The maximum absolute atomic E-state index is 11.8. The average molecular weight is 250 g/mol. The lowest BCUT2D eigenvalue weighted by atomic mass is 10.2. The Morgan fingerprint density at radius 3 is 3.00 bits per heavy atom. The van der Waals surface area contributed by atoms with Crippen LogP contribution in [0.25, 0.3) is 0 Å². The highest BCUT2D eigenvalue weighted by Crippen LogP contribution is 2.12. The van der Waals surface area contributed by atoms with Crippen molar-refractivity contribution in [2.45, 2.75) is 0 Å². The number of hydrogen-bond donors (Lipinski definition) is 2. The van der Waals surface area contributed by atoms with E-state index in [2.05, 4.69) is 17.2 Å². The SMILES string of the molecule is C=CCNC(=S)NC(=O)c1cccc(OC)c1. The van der Waals surface area contributed by atoms with Crippen molar-refractivity contribution in [2.24, 2.45) is 0 Å². The minimum Gasteiger partial charge on any atom is -0.497 e. The molecule has 0 saturated carbocycles. The van der Waals surface area contributed by atoms with Crippen molar-refractivity contribution >= 4 is 23.2 Å². The number of methoxy groups -OCH3 is 1. The third-order valence-corrected chi connectivity index (χ3v) is 2.21. The minimum atomic E-state index is -0.273. The average Bonchev–Trinajstić information content (AvgIpc) is 2.36. The molecule has 0 atom stereocenters. The number of ether oxygens (including phenoxy) is 1. The van der Waals surface area contributed by atoms with Crippen molar-refractivity contribution in [1.29, 1.82) is 0 Å². The summed E-state index contributed by atoms with van der Waals surface area (Å²) in [6, 6.07) is 6.85. The van der Waals surface area contributed by atoms with E-state index in [0.717, 1.165) is 0 Å². The normalized spacial score (nSPS) is 9.24. The van der Waals surface area contributed by atoms with Crippen molar-refractivity contribution in [3.63, 3.8) is 0 Å². The first kappa shape index (κ1) is 13.2. The molecule has 2 N–H and O–H groups in total. The van der Waals surface area contributed by atoms with Gasteiger partial charge in [-0.05, 0) is 30.4 Å². The van der Waals surface area contributed by atoms with Gasteiger partial charge in [0.15, 0.2) is 5.11 Å². The predicted molar refractivity (Wildman–Crippen MR) is 71.3 cm³/mol. The van der Waals surface area contributed by atoms with Crippen molar-refractivity contribution in [1.82, 2.24) is 10.6 Å². The summed E-state index contributed by atoms with van der Waals surface area (Å²) in [5.74, 6) is 0.355. The molecule has 1 rings (SSSR count). The Morgan fingerprint density at radius 1 is 1.59 bits per heavy atom. The Labute approximate surface area is 106 Å². The van der Waals surface area contributed by atoms with Gasteiger partial charge in [-0.1, -0.05) is 12.1 Å². The van der Waals surface area contributed by atoms with Crippen LogP contribution in [-0.4, -0.2) is 24.7 Å². The molecular formula is C12H14N2O2S. The highest BCUT2D eigenvalue weighted by Gasteiger charge is 2.07. The smallest absolute Gasteiger partial charge is 0.257 e. The number of amides is 1. The Bertz CT molecular complexity index is 432. The summed E-state index contributed by atoms with van der Waals surface area (Å²) in [5, 5.41) is 5.65. The van der Waals surface area contributed by atoms with Crippen LogP contribution in [0.2, 0.25) is 0 Å². The third kappa shape index (κ3) is 4.24. The van der Waals surface area contributed by atoms with E-state index in [4.69, 9.17) is 17.0 Å².